The maximum atomic E-state index is 9.05. The Morgan fingerprint density at radius 3 is 2.82 bits per heavy atom. The highest BCUT2D eigenvalue weighted by Gasteiger charge is 2.17. The number of benzene rings is 1. The van der Waals surface area contributed by atoms with Crippen molar-refractivity contribution in [2.75, 3.05) is 13.6 Å². The van der Waals surface area contributed by atoms with E-state index >= 15 is 0 Å². The van der Waals surface area contributed by atoms with E-state index in [4.69, 9.17) is 5.26 Å². The van der Waals surface area contributed by atoms with Crippen molar-refractivity contribution in [2.24, 2.45) is 0 Å². The summed E-state index contributed by atoms with van der Waals surface area (Å²) in [5.74, 6) is 0. The maximum Gasteiger partial charge on any atom is 0.0992 e. The Labute approximate surface area is 133 Å². The van der Waals surface area contributed by atoms with E-state index in [0.29, 0.717) is 0 Å². The number of hydrogen-bond donors (Lipinski definition) is 0. The first-order valence-electron chi connectivity index (χ1n) is 8.47. The normalized spacial score (nSPS) is 16.2. The second-order valence-corrected chi connectivity index (χ2v) is 6.52. The van der Waals surface area contributed by atoms with Crippen LogP contribution in [0.4, 0.5) is 0 Å². The Hall–Kier alpha value is -1.79. The van der Waals surface area contributed by atoms with Gasteiger partial charge < -0.3 is 9.47 Å². The summed E-state index contributed by atoms with van der Waals surface area (Å²) in [5, 5.41) is 10.3. The van der Waals surface area contributed by atoms with E-state index in [1.165, 1.54) is 43.0 Å². The molecule has 2 aromatic rings. The quantitative estimate of drug-likeness (QED) is 0.829. The zero-order chi connectivity index (χ0) is 15.4. The van der Waals surface area contributed by atoms with Crippen molar-refractivity contribution in [3.8, 4) is 6.07 Å². The minimum atomic E-state index is 0.742. The average molecular weight is 295 g/mol. The SMILES string of the molecule is CN(CCCn1ccc2ccc(C#N)cc21)C1CCCCC1. The summed E-state index contributed by atoms with van der Waals surface area (Å²) >= 11 is 0. The van der Waals surface area contributed by atoms with Gasteiger partial charge in [0, 0.05) is 24.3 Å². The fourth-order valence-electron chi connectivity index (χ4n) is 3.64. The monoisotopic (exact) mass is 295 g/mol. The van der Waals surface area contributed by atoms with Crippen LogP contribution in [0.1, 0.15) is 44.1 Å². The minimum absolute atomic E-state index is 0.742. The molecule has 1 aromatic carbocycles. The molecule has 3 rings (SSSR count). The largest absolute Gasteiger partial charge is 0.347 e. The Morgan fingerprint density at radius 2 is 2.05 bits per heavy atom. The molecule has 22 heavy (non-hydrogen) atoms. The third-order valence-corrected chi connectivity index (χ3v) is 5.01. The molecule has 0 saturated heterocycles. The van der Waals surface area contributed by atoms with Gasteiger partial charge in [0.25, 0.3) is 0 Å². The molecule has 0 aliphatic heterocycles. The zero-order valence-electron chi connectivity index (χ0n) is 13.5. The molecule has 0 N–H and O–H groups in total. The van der Waals surface area contributed by atoms with Crippen LogP contribution in [0.3, 0.4) is 0 Å². The van der Waals surface area contributed by atoms with Gasteiger partial charge in [0.05, 0.1) is 11.6 Å². The van der Waals surface area contributed by atoms with E-state index in [1.807, 2.05) is 18.2 Å². The van der Waals surface area contributed by atoms with Gasteiger partial charge in [-0.3, -0.25) is 0 Å². The van der Waals surface area contributed by atoms with Gasteiger partial charge in [0.1, 0.15) is 0 Å². The van der Waals surface area contributed by atoms with Gasteiger partial charge in [-0.2, -0.15) is 5.26 Å². The molecule has 1 aliphatic rings. The fourth-order valence-corrected chi connectivity index (χ4v) is 3.64. The van der Waals surface area contributed by atoms with Crippen LogP contribution in [0, 0.1) is 11.3 Å². The molecule has 1 fully saturated rings. The van der Waals surface area contributed by atoms with Gasteiger partial charge >= 0.3 is 0 Å². The average Bonchev–Trinajstić information content (AvgIpc) is 2.98. The Morgan fingerprint density at radius 1 is 1.23 bits per heavy atom. The number of aryl methyl sites for hydroxylation is 1. The van der Waals surface area contributed by atoms with E-state index in [0.717, 1.165) is 31.1 Å². The summed E-state index contributed by atoms with van der Waals surface area (Å²) in [6.07, 6.45) is 10.3. The summed E-state index contributed by atoms with van der Waals surface area (Å²) in [6.45, 7) is 2.18. The Balaban J connectivity index is 1.58. The minimum Gasteiger partial charge on any atom is -0.347 e. The van der Waals surface area contributed by atoms with Gasteiger partial charge in [-0.25, -0.2) is 0 Å². The van der Waals surface area contributed by atoms with Crippen molar-refractivity contribution < 1.29 is 0 Å². The second kappa shape index (κ2) is 6.98. The van der Waals surface area contributed by atoms with E-state index in [1.54, 1.807) is 0 Å². The van der Waals surface area contributed by atoms with Crippen LogP contribution in [0.25, 0.3) is 10.9 Å². The molecule has 3 nitrogen and oxygen atoms in total. The van der Waals surface area contributed by atoms with Crippen LogP contribution in [-0.4, -0.2) is 29.1 Å². The highest BCUT2D eigenvalue weighted by molar-refractivity contribution is 5.81. The zero-order valence-corrected chi connectivity index (χ0v) is 13.5. The van der Waals surface area contributed by atoms with Gasteiger partial charge in [-0.05, 0) is 56.4 Å². The first-order valence-corrected chi connectivity index (χ1v) is 8.47. The predicted molar refractivity (Wildman–Crippen MR) is 90.8 cm³/mol. The smallest absolute Gasteiger partial charge is 0.0992 e. The molecular formula is C19H25N3. The molecule has 0 amide bonds. The summed E-state index contributed by atoms with van der Waals surface area (Å²) in [7, 11) is 2.28. The summed E-state index contributed by atoms with van der Waals surface area (Å²) < 4.78 is 2.28. The lowest BCUT2D eigenvalue weighted by Crippen LogP contribution is -2.34. The number of hydrogen-bond acceptors (Lipinski definition) is 2. The third kappa shape index (κ3) is 3.34. The first-order chi connectivity index (χ1) is 10.8. The van der Waals surface area contributed by atoms with Crippen LogP contribution < -0.4 is 0 Å². The van der Waals surface area contributed by atoms with Gasteiger partial charge in [-0.15, -0.1) is 0 Å². The van der Waals surface area contributed by atoms with Crippen molar-refractivity contribution in [1.82, 2.24) is 9.47 Å². The molecule has 1 heterocycles. The van der Waals surface area contributed by atoms with Crippen LogP contribution in [0.2, 0.25) is 0 Å². The molecule has 3 heteroatoms. The summed E-state index contributed by atoms with van der Waals surface area (Å²) in [5.41, 5.74) is 1.92. The topological polar surface area (TPSA) is 32.0 Å². The van der Waals surface area contributed by atoms with Crippen molar-refractivity contribution in [3.05, 3.63) is 36.0 Å². The van der Waals surface area contributed by atoms with Crippen molar-refractivity contribution in [1.29, 1.82) is 5.26 Å². The molecule has 0 atom stereocenters. The first kappa shape index (κ1) is 15.1. The third-order valence-electron chi connectivity index (χ3n) is 5.01. The lowest BCUT2D eigenvalue weighted by Gasteiger charge is -2.31. The lowest BCUT2D eigenvalue weighted by atomic mass is 9.94. The summed E-state index contributed by atoms with van der Waals surface area (Å²) in [4.78, 5) is 2.55. The molecule has 1 saturated carbocycles. The maximum absolute atomic E-state index is 9.05. The van der Waals surface area contributed by atoms with Crippen molar-refractivity contribution in [2.45, 2.75) is 51.1 Å². The predicted octanol–water partition coefficient (Wildman–Crippen LogP) is 4.17. The molecule has 0 unspecified atom stereocenters. The standard InChI is InChI=1S/C19H25N3/c1-21(18-6-3-2-4-7-18)11-5-12-22-13-10-17-9-8-16(15-20)14-19(17)22/h8-10,13-14,18H,2-7,11-12H2,1H3. The van der Waals surface area contributed by atoms with Gasteiger partial charge in [0.2, 0.25) is 0 Å². The molecule has 1 aromatic heterocycles. The van der Waals surface area contributed by atoms with E-state index < -0.39 is 0 Å². The van der Waals surface area contributed by atoms with E-state index in [2.05, 4.69) is 34.8 Å². The molecule has 0 radical (unpaired) electrons. The number of rotatable bonds is 5. The fraction of sp³-hybridized carbons (Fsp3) is 0.526. The highest BCUT2D eigenvalue weighted by Crippen LogP contribution is 2.22. The molecular weight excluding hydrogens is 270 g/mol. The lowest BCUT2D eigenvalue weighted by molar-refractivity contribution is 0.188. The van der Waals surface area contributed by atoms with Gasteiger partial charge in [-0.1, -0.05) is 25.3 Å². The van der Waals surface area contributed by atoms with Crippen LogP contribution >= 0.6 is 0 Å². The molecule has 0 spiro atoms. The Kier molecular flexibility index (Phi) is 4.80. The Bertz CT molecular complexity index is 659. The van der Waals surface area contributed by atoms with Crippen molar-refractivity contribution >= 4 is 10.9 Å². The van der Waals surface area contributed by atoms with Crippen LogP contribution in [0.15, 0.2) is 30.5 Å². The molecule has 0 bridgehead atoms. The number of fused-ring (bicyclic) bond motifs is 1. The van der Waals surface area contributed by atoms with E-state index in [-0.39, 0.29) is 0 Å². The van der Waals surface area contributed by atoms with Crippen LogP contribution in [-0.2, 0) is 6.54 Å². The number of nitrogens with zero attached hydrogens (tertiary/aromatic N) is 3. The number of nitriles is 1. The highest BCUT2D eigenvalue weighted by atomic mass is 15.1. The van der Waals surface area contributed by atoms with Crippen LogP contribution in [0.5, 0.6) is 0 Å². The summed E-state index contributed by atoms with van der Waals surface area (Å²) in [6, 6.07) is 11.1. The second-order valence-electron chi connectivity index (χ2n) is 6.52. The molecule has 1 aliphatic carbocycles. The van der Waals surface area contributed by atoms with Crippen molar-refractivity contribution in [3.63, 3.8) is 0 Å². The number of aromatic nitrogens is 1. The van der Waals surface area contributed by atoms with Gasteiger partial charge in [0.15, 0.2) is 0 Å². The molecule has 116 valence electrons. The van der Waals surface area contributed by atoms with E-state index in [9.17, 15) is 0 Å².